The fourth-order valence-electron chi connectivity index (χ4n) is 0.477. The molecular formula is C11H18O6. The maximum atomic E-state index is 10.7. The summed E-state index contributed by atoms with van der Waals surface area (Å²) in [6, 6.07) is 0. The van der Waals surface area contributed by atoms with Gasteiger partial charge in [-0.25, -0.2) is 9.59 Å². The average Bonchev–Trinajstić information content (AvgIpc) is 2.26. The van der Waals surface area contributed by atoms with Gasteiger partial charge >= 0.3 is 11.9 Å². The van der Waals surface area contributed by atoms with Crippen LogP contribution in [0.5, 0.6) is 0 Å². The number of aliphatic carboxylic acids is 1. The molecule has 0 saturated carbocycles. The van der Waals surface area contributed by atoms with Gasteiger partial charge in [0.2, 0.25) is 0 Å². The van der Waals surface area contributed by atoms with Crippen LogP contribution < -0.4 is 0 Å². The summed E-state index contributed by atoms with van der Waals surface area (Å²) in [5, 5.41) is 24.6. The van der Waals surface area contributed by atoms with Gasteiger partial charge in [0, 0.05) is 24.2 Å². The third-order valence-electron chi connectivity index (χ3n) is 1.39. The Kier molecular flexibility index (Phi) is 11.3. The first-order chi connectivity index (χ1) is 7.86. The smallest absolute Gasteiger partial charge is 0.333 e. The minimum absolute atomic E-state index is 0.0245. The van der Waals surface area contributed by atoms with Crippen LogP contribution >= 0.6 is 0 Å². The number of carbonyl (C=O) groups is 2. The highest BCUT2D eigenvalue weighted by molar-refractivity contribution is 5.87. The van der Waals surface area contributed by atoms with Crippen molar-refractivity contribution in [2.24, 2.45) is 0 Å². The van der Waals surface area contributed by atoms with Gasteiger partial charge in [0.1, 0.15) is 6.61 Å². The molecule has 98 valence electrons. The number of hydrogen-bond donors (Lipinski definition) is 3. The lowest BCUT2D eigenvalue weighted by molar-refractivity contribution is -0.140. The number of carboxylic acids is 1. The molecule has 6 nitrogen and oxygen atoms in total. The van der Waals surface area contributed by atoms with Crippen LogP contribution in [0.15, 0.2) is 24.3 Å². The molecule has 0 radical (unpaired) electrons. The van der Waals surface area contributed by atoms with Crippen molar-refractivity contribution in [2.45, 2.75) is 13.3 Å². The molecule has 0 aromatic rings. The number of carbonyl (C=O) groups excluding carboxylic acids is 1. The second-order valence-electron chi connectivity index (χ2n) is 3.02. The molecule has 0 atom stereocenters. The third kappa shape index (κ3) is 12.3. The zero-order chi connectivity index (χ0) is 13.8. The Balaban J connectivity index is 0. The van der Waals surface area contributed by atoms with Crippen molar-refractivity contribution in [3.8, 4) is 0 Å². The summed E-state index contributed by atoms with van der Waals surface area (Å²) in [6.45, 7) is 7.64. The van der Waals surface area contributed by atoms with Crippen molar-refractivity contribution in [3.63, 3.8) is 0 Å². The monoisotopic (exact) mass is 246 g/mol. The molecule has 0 aliphatic heterocycles. The number of carboxylic acid groups (broad SMARTS) is 1. The van der Waals surface area contributed by atoms with E-state index in [0.717, 1.165) is 0 Å². The highest BCUT2D eigenvalue weighted by Gasteiger charge is 2.06. The van der Waals surface area contributed by atoms with Crippen LogP contribution in [0.25, 0.3) is 0 Å². The van der Waals surface area contributed by atoms with Crippen molar-refractivity contribution in [1.29, 1.82) is 0 Å². The van der Waals surface area contributed by atoms with E-state index in [2.05, 4.69) is 17.9 Å². The molecule has 0 aliphatic rings. The van der Waals surface area contributed by atoms with E-state index in [0.29, 0.717) is 0 Å². The average molecular weight is 246 g/mol. The Bertz CT molecular complexity index is 270. The van der Waals surface area contributed by atoms with Gasteiger partial charge in [-0.1, -0.05) is 13.2 Å². The van der Waals surface area contributed by atoms with Crippen LogP contribution in [0.2, 0.25) is 0 Å². The summed E-state index contributed by atoms with van der Waals surface area (Å²) >= 11 is 0. The first-order valence-electron chi connectivity index (χ1n) is 4.82. The van der Waals surface area contributed by atoms with E-state index in [1.54, 1.807) is 0 Å². The van der Waals surface area contributed by atoms with E-state index in [-0.39, 0.29) is 37.4 Å². The maximum absolute atomic E-state index is 10.7. The summed E-state index contributed by atoms with van der Waals surface area (Å²) in [5.41, 5.74) is 0.399. The molecule has 0 fully saturated rings. The van der Waals surface area contributed by atoms with E-state index >= 15 is 0 Å². The summed E-state index contributed by atoms with van der Waals surface area (Å²) in [7, 11) is 0. The summed E-state index contributed by atoms with van der Waals surface area (Å²) in [6.07, 6.45) is 0.213. The predicted molar refractivity (Wildman–Crippen MR) is 61.3 cm³/mol. The largest absolute Gasteiger partial charge is 0.478 e. The third-order valence-corrected chi connectivity index (χ3v) is 1.39. The molecular weight excluding hydrogens is 228 g/mol. The van der Waals surface area contributed by atoms with Gasteiger partial charge in [-0.2, -0.15) is 0 Å². The van der Waals surface area contributed by atoms with Crippen LogP contribution in [0.4, 0.5) is 0 Å². The fourth-order valence-corrected chi connectivity index (χ4v) is 0.477. The molecule has 6 heteroatoms. The lowest BCUT2D eigenvalue weighted by atomic mass is 10.2. The molecule has 0 aromatic heterocycles. The molecule has 0 spiro atoms. The second-order valence-corrected chi connectivity index (χ2v) is 3.02. The first-order valence-corrected chi connectivity index (χ1v) is 4.82. The minimum atomic E-state index is -0.935. The normalized spacial score (nSPS) is 8.65. The van der Waals surface area contributed by atoms with Gasteiger partial charge < -0.3 is 20.1 Å². The minimum Gasteiger partial charge on any atom is -0.478 e. The van der Waals surface area contributed by atoms with Crippen molar-refractivity contribution >= 4 is 11.9 Å². The van der Waals surface area contributed by atoms with Gasteiger partial charge in [-0.15, -0.1) is 0 Å². The van der Waals surface area contributed by atoms with Crippen molar-refractivity contribution in [1.82, 2.24) is 0 Å². The Labute approximate surface area is 99.8 Å². The molecule has 0 unspecified atom stereocenters. The highest BCUT2D eigenvalue weighted by atomic mass is 16.5. The van der Waals surface area contributed by atoms with Gasteiger partial charge in [0.05, 0.1) is 6.61 Å². The molecule has 17 heavy (non-hydrogen) atoms. The fraction of sp³-hybridized carbons (Fsp3) is 0.455. The van der Waals surface area contributed by atoms with Crippen LogP contribution in [-0.4, -0.2) is 47.1 Å². The van der Waals surface area contributed by atoms with Crippen LogP contribution in [0.1, 0.15) is 13.3 Å². The van der Waals surface area contributed by atoms with Crippen molar-refractivity contribution in [3.05, 3.63) is 24.3 Å². The summed E-state index contributed by atoms with van der Waals surface area (Å²) in [4.78, 5) is 20.3. The van der Waals surface area contributed by atoms with Crippen LogP contribution in [0.3, 0.4) is 0 Å². The topological polar surface area (TPSA) is 104 Å². The van der Waals surface area contributed by atoms with E-state index < -0.39 is 11.9 Å². The Hall–Kier alpha value is -1.66. The Morgan fingerprint density at radius 3 is 1.94 bits per heavy atom. The number of ether oxygens (including phenoxy) is 1. The predicted octanol–water partition coefficient (Wildman–Crippen LogP) is 0.108. The molecule has 0 aromatic carbocycles. The van der Waals surface area contributed by atoms with E-state index in [4.69, 9.17) is 15.3 Å². The van der Waals surface area contributed by atoms with Gasteiger partial charge in [0.15, 0.2) is 0 Å². The number of aliphatic hydroxyl groups is 2. The number of hydrogen-bond acceptors (Lipinski definition) is 5. The zero-order valence-electron chi connectivity index (χ0n) is 9.81. The standard InChI is InChI=1S/C7H12O4.C4H6O2/c1-6(2-3-8)7(10)11-5-4-9;1-3(2)4(5)6/h8-9H,1-5H2;1H2,2H3,(H,5,6). The highest BCUT2D eigenvalue weighted by Crippen LogP contribution is 1.98. The zero-order valence-corrected chi connectivity index (χ0v) is 9.81. The lowest BCUT2D eigenvalue weighted by Gasteiger charge is -2.02. The number of esters is 1. The van der Waals surface area contributed by atoms with E-state index in [1.807, 2.05) is 0 Å². The van der Waals surface area contributed by atoms with E-state index in [1.165, 1.54) is 6.92 Å². The van der Waals surface area contributed by atoms with Gasteiger partial charge in [0.25, 0.3) is 0 Å². The quantitative estimate of drug-likeness (QED) is 0.454. The van der Waals surface area contributed by atoms with Crippen molar-refractivity contribution < 1.29 is 29.6 Å². The summed E-state index contributed by atoms with van der Waals surface area (Å²) < 4.78 is 4.51. The molecule has 0 aliphatic carbocycles. The molecule has 3 N–H and O–H groups in total. The molecule has 0 heterocycles. The first kappa shape index (κ1) is 17.7. The number of rotatable bonds is 6. The Morgan fingerprint density at radius 2 is 1.65 bits per heavy atom. The molecule has 0 bridgehead atoms. The number of aliphatic hydroxyl groups excluding tert-OH is 2. The summed E-state index contributed by atoms with van der Waals surface area (Å²) in [5.74, 6) is -1.50. The lowest BCUT2D eigenvalue weighted by Crippen LogP contribution is -2.11. The van der Waals surface area contributed by atoms with Crippen LogP contribution in [0, 0.1) is 0 Å². The molecule has 0 amide bonds. The Morgan fingerprint density at radius 1 is 1.18 bits per heavy atom. The molecule has 0 saturated heterocycles. The van der Waals surface area contributed by atoms with E-state index in [9.17, 15) is 9.59 Å². The van der Waals surface area contributed by atoms with Gasteiger partial charge in [-0.3, -0.25) is 0 Å². The second kappa shape index (κ2) is 10.8. The van der Waals surface area contributed by atoms with Crippen LogP contribution in [-0.2, 0) is 14.3 Å². The SMILES string of the molecule is C=C(C)C(=O)O.C=C(CCO)C(=O)OCCO. The van der Waals surface area contributed by atoms with Crippen molar-refractivity contribution in [2.75, 3.05) is 19.8 Å². The van der Waals surface area contributed by atoms with Gasteiger partial charge in [-0.05, 0) is 6.92 Å². The molecule has 0 rings (SSSR count). The maximum Gasteiger partial charge on any atom is 0.333 e.